The molecule has 3 aromatic rings. The molecular weight excluding hydrogens is 342 g/mol. The average Bonchev–Trinajstić information content (AvgIpc) is 2.82. The summed E-state index contributed by atoms with van der Waals surface area (Å²) < 4.78 is 33.1. The minimum atomic E-state index is -0.719. The minimum Gasteiger partial charge on any atom is -0.380 e. The third-order valence-electron chi connectivity index (χ3n) is 3.03. The van der Waals surface area contributed by atoms with Gasteiger partial charge < -0.3 is 10.3 Å². The number of nitrogens with two attached hydrogens (primary N) is 1. The van der Waals surface area contributed by atoms with Crippen LogP contribution in [0.5, 0.6) is 0 Å². The molecule has 1 heterocycles. The lowest BCUT2D eigenvalue weighted by Gasteiger charge is -2.04. The first-order valence-corrected chi connectivity index (χ1v) is 6.82. The van der Waals surface area contributed by atoms with Crippen LogP contribution in [0.3, 0.4) is 0 Å². The fraction of sp³-hybridized carbons (Fsp3) is 0. The van der Waals surface area contributed by atoms with Gasteiger partial charge in [-0.05, 0) is 36.4 Å². The molecule has 21 heavy (non-hydrogen) atoms. The highest BCUT2D eigenvalue weighted by molar-refractivity contribution is 9.10. The Bertz CT molecular complexity index is 800. The number of aromatic nitrogens is 1. The molecule has 0 saturated carbocycles. The number of anilines is 1. The molecule has 0 aliphatic rings. The van der Waals surface area contributed by atoms with Crippen LogP contribution in [0, 0.1) is 11.6 Å². The van der Waals surface area contributed by atoms with Crippen molar-refractivity contribution in [2.45, 2.75) is 0 Å². The Kier molecular flexibility index (Phi) is 3.47. The molecule has 0 atom stereocenters. The molecule has 0 radical (unpaired) electrons. The smallest absolute Gasteiger partial charge is 0.177 e. The van der Waals surface area contributed by atoms with Gasteiger partial charge in [-0.2, -0.15) is 0 Å². The zero-order chi connectivity index (χ0) is 15.0. The Balaban J connectivity index is 2.19. The third-order valence-corrected chi connectivity index (χ3v) is 3.55. The Hall–Kier alpha value is -2.21. The van der Waals surface area contributed by atoms with E-state index in [-0.39, 0.29) is 11.4 Å². The molecule has 6 heteroatoms. The van der Waals surface area contributed by atoms with Crippen molar-refractivity contribution in [3.63, 3.8) is 0 Å². The molecule has 0 aliphatic heterocycles. The number of rotatable bonds is 2. The van der Waals surface area contributed by atoms with Gasteiger partial charge >= 0.3 is 0 Å². The first kappa shape index (κ1) is 13.8. The highest BCUT2D eigenvalue weighted by Gasteiger charge is 2.20. The Labute approximate surface area is 127 Å². The van der Waals surface area contributed by atoms with Gasteiger partial charge in [0, 0.05) is 21.7 Å². The zero-order valence-corrected chi connectivity index (χ0v) is 12.2. The monoisotopic (exact) mass is 350 g/mol. The highest BCUT2D eigenvalue weighted by atomic mass is 79.9. The molecule has 3 rings (SSSR count). The van der Waals surface area contributed by atoms with Crippen molar-refractivity contribution in [1.82, 2.24) is 5.16 Å². The van der Waals surface area contributed by atoms with Gasteiger partial charge in [-0.15, -0.1) is 0 Å². The second-order valence-corrected chi connectivity index (χ2v) is 5.32. The molecule has 2 N–H and O–H groups in total. The van der Waals surface area contributed by atoms with E-state index in [1.54, 1.807) is 12.1 Å². The van der Waals surface area contributed by atoms with Gasteiger partial charge in [0.1, 0.15) is 11.6 Å². The van der Waals surface area contributed by atoms with Crippen molar-refractivity contribution in [1.29, 1.82) is 0 Å². The number of hydrogen-bond donors (Lipinski definition) is 1. The van der Waals surface area contributed by atoms with Crippen molar-refractivity contribution in [2.75, 3.05) is 5.73 Å². The number of halogens is 3. The van der Waals surface area contributed by atoms with Gasteiger partial charge in [0.05, 0.1) is 5.56 Å². The fourth-order valence-corrected chi connectivity index (χ4v) is 2.32. The van der Waals surface area contributed by atoms with Crippen LogP contribution < -0.4 is 5.73 Å². The molecular formula is C15H9BrF2N2O. The van der Waals surface area contributed by atoms with Crippen LogP contribution in [0.1, 0.15) is 0 Å². The Morgan fingerprint density at radius 3 is 2.43 bits per heavy atom. The van der Waals surface area contributed by atoms with Crippen LogP contribution in [0.2, 0.25) is 0 Å². The highest BCUT2D eigenvalue weighted by Crippen LogP contribution is 2.38. The van der Waals surface area contributed by atoms with Gasteiger partial charge in [-0.3, -0.25) is 0 Å². The summed E-state index contributed by atoms with van der Waals surface area (Å²) >= 11 is 3.33. The quantitative estimate of drug-likeness (QED) is 0.732. The lowest BCUT2D eigenvalue weighted by Crippen LogP contribution is -1.92. The van der Waals surface area contributed by atoms with Gasteiger partial charge in [0.2, 0.25) is 0 Å². The first-order chi connectivity index (χ1) is 10.1. The summed E-state index contributed by atoms with van der Waals surface area (Å²) in [5, 5.41) is 3.69. The summed E-state index contributed by atoms with van der Waals surface area (Å²) in [6.45, 7) is 0. The maximum atomic E-state index is 14.0. The van der Waals surface area contributed by atoms with Crippen LogP contribution in [-0.4, -0.2) is 5.16 Å². The average molecular weight is 351 g/mol. The summed E-state index contributed by atoms with van der Waals surface area (Å²) in [6, 6.07) is 10.5. The zero-order valence-electron chi connectivity index (χ0n) is 10.6. The summed E-state index contributed by atoms with van der Waals surface area (Å²) in [4.78, 5) is 0. The predicted molar refractivity (Wildman–Crippen MR) is 79.4 cm³/mol. The standard InChI is InChI=1S/C15H9BrF2N2O/c16-9-3-1-8(2-4-9)14-13(15(19)20-21-14)11-6-5-10(17)7-12(11)18/h1-7H,(H2,19,20). The van der Waals surface area contributed by atoms with E-state index in [1.807, 2.05) is 12.1 Å². The number of hydrogen-bond acceptors (Lipinski definition) is 3. The van der Waals surface area contributed by atoms with E-state index >= 15 is 0 Å². The lowest BCUT2D eigenvalue weighted by molar-refractivity contribution is 0.436. The maximum Gasteiger partial charge on any atom is 0.177 e. The molecule has 0 saturated heterocycles. The van der Waals surface area contributed by atoms with E-state index in [0.29, 0.717) is 16.9 Å². The van der Waals surface area contributed by atoms with Gasteiger partial charge in [0.25, 0.3) is 0 Å². The molecule has 0 spiro atoms. The molecule has 1 aromatic heterocycles. The number of nitrogens with zero attached hydrogens (tertiary/aromatic N) is 1. The lowest BCUT2D eigenvalue weighted by atomic mass is 10.0. The topological polar surface area (TPSA) is 52.0 Å². The van der Waals surface area contributed by atoms with Gasteiger partial charge in [-0.1, -0.05) is 21.1 Å². The summed E-state index contributed by atoms with van der Waals surface area (Å²) in [7, 11) is 0. The molecule has 2 aromatic carbocycles. The summed E-state index contributed by atoms with van der Waals surface area (Å²) in [6.07, 6.45) is 0. The second kappa shape index (κ2) is 5.29. The summed E-state index contributed by atoms with van der Waals surface area (Å²) in [5.41, 5.74) is 6.93. The van der Waals surface area contributed by atoms with Crippen molar-refractivity contribution >= 4 is 21.7 Å². The van der Waals surface area contributed by atoms with Gasteiger partial charge in [-0.25, -0.2) is 8.78 Å². The fourth-order valence-electron chi connectivity index (χ4n) is 2.05. The van der Waals surface area contributed by atoms with Crippen molar-refractivity contribution in [3.8, 4) is 22.5 Å². The maximum absolute atomic E-state index is 14.0. The normalized spacial score (nSPS) is 10.8. The molecule has 3 nitrogen and oxygen atoms in total. The van der Waals surface area contributed by atoms with Crippen molar-refractivity contribution < 1.29 is 13.3 Å². The van der Waals surface area contributed by atoms with Crippen LogP contribution in [0.25, 0.3) is 22.5 Å². The van der Waals surface area contributed by atoms with Crippen LogP contribution in [0.15, 0.2) is 51.5 Å². The van der Waals surface area contributed by atoms with Gasteiger partial charge in [0.15, 0.2) is 11.6 Å². The van der Waals surface area contributed by atoms with E-state index < -0.39 is 11.6 Å². The van der Waals surface area contributed by atoms with E-state index in [9.17, 15) is 8.78 Å². The van der Waals surface area contributed by atoms with E-state index in [0.717, 1.165) is 16.6 Å². The largest absolute Gasteiger partial charge is 0.380 e. The minimum absolute atomic E-state index is 0.0541. The van der Waals surface area contributed by atoms with Crippen LogP contribution in [-0.2, 0) is 0 Å². The molecule has 0 aliphatic carbocycles. The van der Waals surface area contributed by atoms with E-state index in [2.05, 4.69) is 21.1 Å². The van der Waals surface area contributed by atoms with Crippen molar-refractivity contribution in [3.05, 3.63) is 58.6 Å². The van der Waals surface area contributed by atoms with Crippen LogP contribution >= 0.6 is 15.9 Å². The second-order valence-electron chi connectivity index (χ2n) is 4.40. The Morgan fingerprint density at radius 2 is 1.76 bits per heavy atom. The number of nitrogen functional groups attached to an aromatic ring is 1. The van der Waals surface area contributed by atoms with E-state index in [4.69, 9.17) is 10.3 Å². The molecule has 0 amide bonds. The molecule has 106 valence electrons. The summed E-state index contributed by atoms with van der Waals surface area (Å²) in [5.74, 6) is -0.983. The SMILES string of the molecule is Nc1noc(-c2ccc(Br)cc2)c1-c1ccc(F)cc1F. The number of benzene rings is 2. The predicted octanol–water partition coefficient (Wildman–Crippen LogP) is 4.63. The van der Waals surface area contributed by atoms with E-state index in [1.165, 1.54) is 6.07 Å². The van der Waals surface area contributed by atoms with Crippen molar-refractivity contribution in [2.24, 2.45) is 0 Å². The first-order valence-electron chi connectivity index (χ1n) is 6.03. The Morgan fingerprint density at radius 1 is 1.05 bits per heavy atom. The third kappa shape index (κ3) is 2.54. The molecule has 0 fully saturated rings. The van der Waals surface area contributed by atoms with Crippen LogP contribution in [0.4, 0.5) is 14.6 Å². The molecule has 0 bridgehead atoms. The molecule has 0 unspecified atom stereocenters.